The molecule has 0 saturated carbocycles. The average molecular weight is 370 g/mol. The molecule has 0 aliphatic rings. The van der Waals surface area contributed by atoms with Gasteiger partial charge in [0.25, 0.3) is 5.91 Å². The SMILES string of the molecule is CCC(C)c1ccc(C(NC(=O)CCNC(=O)c2ccco2)C(C)C)cc1. The van der Waals surface area contributed by atoms with E-state index in [4.69, 9.17) is 4.42 Å². The third kappa shape index (κ3) is 5.98. The normalized spacial score (nSPS) is 13.2. The van der Waals surface area contributed by atoms with Crippen LogP contribution in [0.5, 0.6) is 0 Å². The second-order valence-electron chi connectivity index (χ2n) is 7.25. The van der Waals surface area contributed by atoms with Crippen molar-refractivity contribution in [3.05, 3.63) is 59.5 Å². The molecule has 146 valence electrons. The van der Waals surface area contributed by atoms with Crippen molar-refractivity contribution in [2.45, 2.75) is 52.5 Å². The van der Waals surface area contributed by atoms with Gasteiger partial charge in [0.15, 0.2) is 5.76 Å². The Hall–Kier alpha value is -2.56. The van der Waals surface area contributed by atoms with E-state index in [2.05, 4.69) is 62.6 Å². The van der Waals surface area contributed by atoms with Crippen LogP contribution in [0.1, 0.15) is 74.2 Å². The number of benzene rings is 1. The summed E-state index contributed by atoms with van der Waals surface area (Å²) in [6, 6.07) is 11.7. The van der Waals surface area contributed by atoms with Crippen LogP contribution in [0.4, 0.5) is 0 Å². The van der Waals surface area contributed by atoms with Gasteiger partial charge in [0.2, 0.25) is 5.91 Å². The topological polar surface area (TPSA) is 71.3 Å². The number of furan rings is 1. The van der Waals surface area contributed by atoms with Gasteiger partial charge in [-0.15, -0.1) is 0 Å². The lowest BCUT2D eigenvalue weighted by Crippen LogP contribution is -2.34. The first kappa shape index (κ1) is 20.7. The zero-order valence-corrected chi connectivity index (χ0v) is 16.6. The highest BCUT2D eigenvalue weighted by molar-refractivity contribution is 5.91. The van der Waals surface area contributed by atoms with E-state index in [1.165, 1.54) is 11.8 Å². The largest absolute Gasteiger partial charge is 0.459 e. The summed E-state index contributed by atoms with van der Waals surface area (Å²) in [7, 11) is 0. The maximum atomic E-state index is 12.3. The first-order chi connectivity index (χ1) is 12.9. The third-order valence-electron chi connectivity index (χ3n) is 4.84. The van der Waals surface area contributed by atoms with Crippen molar-refractivity contribution in [1.29, 1.82) is 0 Å². The van der Waals surface area contributed by atoms with Crippen LogP contribution in [0.15, 0.2) is 47.1 Å². The van der Waals surface area contributed by atoms with Gasteiger partial charge in [-0.3, -0.25) is 9.59 Å². The highest BCUT2D eigenvalue weighted by Crippen LogP contribution is 2.25. The molecule has 0 fully saturated rings. The van der Waals surface area contributed by atoms with E-state index in [0.29, 0.717) is 5.92 Å². The lowest BCUT2D eigenvalue weighted by Gasteiger charge is -2.23. The minimum Gasteiger partial charge on any atom is -0.459 e. The summed E-state index contributed by atoms with van der Waals surface area (Å²) in [6.07, 6.45) is 2.77. The van der Waals surface area contributed by atoms with Crippen molar-refractivity contribution in [2.75, 3.05) is 6.54 Å². The van der Waals surface area contributed by atoms with Crippen molar-refractivity contribution < 1.29 is 14.0 Å². The molecule has 27 heavy (non-hydrogen) atoms. The molecular formula is C22H30N2O3. The summed E-state index contributed by atoms with van der Waals surface area (Å²) in [5.74, 6) is 0.648. The van der Waals surface area contributed by atoms with E-state index < -0.39 is 0 Å². The summed E-state index contributed by atoms with van der Waals surface area (Å²) < 4.78 is 5.03. The fourth-order valence-electron chi connectivity index (χ4n) is 2.93. The molecule has 0 aliphatic heterocycles. The molecule has 2 amide bonds. The van der Waals surface area contributed by atoms with Crippen molar-refractivity contribution >= 4 is 11.8 Å². The lowest BCUT2D eigenvalue weighted by atomic mass is 9.92. The van der Waals surface area contributed by atoms with Crippen molar-refractivity contribution in [3.63, 3.8) is 0 Å². The standard InChI is InChI=1S/C22H30N2O3/c1-5-16(4)17-8-10-18(11-9-17)21(15(2)3)24-20(25)12-13-23-22(26)19-7-6-14-27-19/h6-11,14-16,21H,5,12-13H2,1-4H3,(H,23,26)(H,24,25). The first-order valence-electron chi connectivity index (χ1n) is 9.63. The highest BCUT2D eigenvalue weighted by atomic mass is 16.3. The maximum absolute atomic E-state index is 12.3. The number of nitrogens with one attached hydrogen (secondary N) is 2. The molecule has 2 unspecified atom stereocenters. The number of amides is 2. The van der Waals surface area contributed by atoms with Crippen LogP contribution in [-0.2, 0) is 4.79 Å². The number of rotatable bonds is 9. The van der Waals surface area contributed by atoms with E-state index in [9.17, 15) is 9.59 Å². The summed E-state index contributed by atoms with van der Waals surface area (Å²) in [5.41, 5.74) is 2.42. The number of hydrogen-bond acceptors (Lipinski definition) is 3. The predicted octanol–water partition coefficient (Wildman–Crippen LogP) is 4.43. The van der Waals surface area contributed by atoms with Crippen LogP contribution in [0, 0.1) is 5.92 Å². The van der Waals surface area contributed by atoms with Crippen LogP contribution >= 0.6 is 0 Å². The second-order valence-corrected chi connectivity index (χ2v) is 7.25. The van der Waals surface area contributed by atoms with E-state index in [1.54, 1.807) is 12.1 Å². The fraction of sp³-hybridized carbons (Fsp3) is 0.455. The van der Waals surface area contributed by atoms with Crippen LogP contribution in [0.3, 0.4) is 0 Å². The Morgan fingerprint density at radius 2 is 1.70 bits per heavy atom. The molecular weight excluding hydrogens is 340 g/mol. The number of carbonyl (C=O) groups is 2. The van der Waals surface area contributed by atoms with Gasteiger partial charge in [0.1, 0.15) is 0 Å². The van der Waals surface area contributed by atoms with Crippen molar-refractivity contribution in [2.24, 2.45) is 5.92 Å². The Balaban J connectivity index is 1.89. The summed E-state index contributed by atoms with van der Waals surface area (Å²) in [4.78, 5) is 24.1. The number of carbonyl (C=O) groups excluding carboxylic acids is 2. The molecule has 2 atom stereocenters. The van der Waals surface area contributed by atoms with E-state index >= 15 is 0 Å². The zero-order chi connectivity index (χ0) is 19.8. The van der Waals surface area contributed by atoms with Gasteiger partial charge >= 0.3 is 0 Å². The number of hydrogen-bond donors (Lipinski definition) is 2. The molecule has 0 bridgehead atoms. The molecule has 2 aromatic rings. The van der Waals surface area contributed by atoms with Gasteiger partial charge in [-0.05, 0) is 41.5 Å². The van der Waals surface area contributed by atoms with Crippen LogP contribution in [0.25, 0.3) is 0 Å². The first-order valence-corrected chi connectivity index (χ1v) is 9.63. The van der Waals surface area contributed by atoms with Gasteiger partial charge in [0.05, 0.1) is 12.3 Å². The van der Waals surface area contributed by atoms with Crippen LogP contribution < -0.4 is 10.6 Å². The second kappa shape index (κ2) is 9.95. The van der Waals surface area contributed by atoms with Crippen molar-refractivity contribution in [1.82, 2.24) is 10.6 Å². The smallest absolute Gasteiger partial charge is 0.286 e. The molecule has 1 heterocycles. The van der Waals surface area contributed by atoms with E-state index in [0.717, 1.165) is 12.0 Å². The molecule has 0 aliphatic carbocycles. The summed E-state index contributed by atoms with van der Waals surface area (Å²) >= 11 is 0. The Bertz CT molecular complexity index is 721. The predicted molar refractivity (Wildman–Crippen MR) is 107 cm³/mol. The summed E-state index contributed by atoms with van der Waals surface area (Å²) in [6.45, 7) is 8.84. The lowest BCUT2D eigenvalue weighted by molar-refractivity contribution is -0.122. The molecule has 5 nitrogen and oxygen atoms in total. The van der Waals surface area contributed by atoms with Crippen molar-refractivity contribution in [3.8, 4) is 0 Å². The Kier molecular flexibility index (Phi) is 7.65. The van der Waals surface area contributed by atoms with Gasteiger partial charge in [-0.1, -0.05) is 52.0 Å². The molecule has 2 N–H and O–H groups in total. The molecule has 1 aromatic heterocycles. The molecule has 1 aromatic carbocycles. The minimum atomic E-state index is -0.311. The quantitative estimate of drug-likeness (QED) is 0.686. The van der Waals surface area contributed by atoms with Gasteiger partial charge in [-0.25, -0.2) is 0 Å². The third-order valence-corrected chi connectivity index (χ3v) is 4.84. The average Bonchev–Trinajstić information content (AvgIpc) is 3.20. The molecule has 5 heteroatoms. The molecule has 2 rings (SSSR count). The Labute approximate surface area is 161 Å². The zero-order valence-electron chi connectivity index (χ0n) is 16.6. The van der Waals surface area contributed by atoms with Gasteiger partial charge < -0.3 is 15.1 Å². The van der Waals surface area contributed by atoms with Crippen LogP contribution in [-0.4, -0.2) is 18.4 Å². The maximum Gasteiger partial charge on any atom is 0.286 e. The van der Waals surface area contributed by atoms with Crippen LogP contribution in [0.2, 0.25) is 0 Å². The Morgan fingerprint density at radius 1 is 1.04 bits per heavy atom. The molecule has 0 spiro atoms. The van der Waals surface area contributed by atoms with Gasteiger partial charge in [-0.2, -0.15) is 0 Å². The van der Waals surface area contributed by atoms with E-state index in [1.807, 2.05) is 0 Å². The molecule has 0 radical (unpaired) electrons. The molecule has 0 saturated heterocycles. The summed E-state index contributed by atoms with van der Waals surface area (Å²) in [5, 5.41) is 5.78. The Morgan fingerprint density at radius 3 is 2.26 bits per heavy atom. The minimum absolute atomic E-state index is 0.0516. The highest BCUT2D eigenvalue weighted by Gasteiger charge is 2.19. The monoisotopic (exact) mass is 370 g/mol. The van der Waals surface area contributed by atoms with Gasteiger partial charge in [0, 0.05) is 13.0 Å². The van der Waals surface area contributed by atoms with E-state index in [-0.39, 0.29) is 42.5 Å². The fourth-order valence-corrected chi connectivity index (χ4v) is 2.93.